The first-order chi connectivity index (χ1) is 15.8. The summed E-state index contributed by atoms with van der Waals surface area (Å²) in [7, 11) is 1.16. The number of allylic oxidation sites excluding steroid dienone is 1. The van der Waals surface area contributed by atoms with E-state index in [4.69, 9.17) is 10.5 Å². The molecule has 11 heteroatoms. The molecule has 7 N–H and O–H groups in total. The van der Waals surface area contributed by atoms with Crippen LogP contribution in [0.2, 0.25) is 0 Å². The van der Waals surface area contributed by atoms with Crippen LogP contribution in [0, 0.1) is 12.8 Å². The van der Waals surface area contributed by atoms with Gasteiger partial charge < -0.3 is 31.5 Å². The Balaban J connectivity index is 1.94. The second-order valence-electron chi connectivity index (χ2n) is 7.14. The summed E-state index contributed by atoms with van der Waals surface area (Å²) < 4.78 is 4.87. The highest BCUT2D eigenvalue weighted by Gasteiger charge is 2.34. The number of carbonyl (C=O) groups is 3. The fraction of sp³-hybridized carbons (Fsp3) is 0.182. The van der Waals surface area contributed by atoms with Crippen LogP contribution in [0.3, 0.4) is 0 Å². The number of ether oxygens (including phenoxy) is 1. The molecular weight excluding hydrogens is 428 g/mol. The van der Waals surface area contributed by atoms with Gasteiger partial charge in [-0.2, -0.15) is 5.10 Å². The lowest BCUT2D eigenvalue weighted by atomic mass is 9.95. The SMILES string of the molecule is COC(=O)[C@@H](CC1=C(O)Nc2ccccc2N1)/C(=N\NC(N)=O)C(=O)Nc1ccccc1C. The van der Waals surface area contributed by atoms with E-state index in [2.05, 4.69) is 21.1 Å². The number of nitrogens with zero attached hydrogens (tertiary/aromatic N) is 1. The van der Waals surface area contributed by atoms with Crippen LogP contribution in [0.15, 0.2) is 65.2 Å². The van der Waals surface area contributed by atoms with Crippen LogP contribution in [0.1, 0.15) is 12.0 Å². The van der Waals surface area contributed by atoms with Gasteiger partial charge >= 0.3 is 12.0 Å². The molecule has 0 radical (unpaired) electrons. The molecule has 0 spiro atoms. The number of methoxy groups -OCH3 is 1. The van der Waals surface area contributed by atoms with E-state index in [1.54, 1.807) is 55.5 Å². The average Bonchev–Trinajstić information content (AvgIpc) is 2.79. The van der Waals surface area contributed by atoms with Gasteiger partial charge in [0.2, 0.25) is 5.88 Å². The molecule has 0 fully saturated rings. The van der Waals surface area contributed by atoms with Gasteiger partial charge in [-0.15, -0.1) is 0 Å². The molecule has 1 heterocycles. The maximum Gasteiger partial charge on any atom is 0.332 e. The van der Waals surface area contributed by atoms with E-state index in [1.165, 1.54) is 0 Å². The first-order valence-electron chi connectivity index (χ1n) is 9.93. The van der Waals surface area contributed by atoms with Crippen molar-refractivity contribution in [3.63, 3.8) is 0 Å². The summed E-state index contributed by atoms with van der Waals surface area (Å²) in [5.74, 6) is -3.08. The number of anilines is 3. The summed E-state index contributed by atoms with van der Waals surface area (Å²) in [6.07, 6.45) is -0.194. The molecule has 0 saturated carbocycles. The number of benzene rings is 2. The van der Waals surface area contributed by atoms with Gasteiger partial charge in [-0.05, 0) is 30.7 Å². The van der Waals surface area contributed by atoms with E-state index in [1.807, 2.05) is 5.43 Å². The Morgan fingerprint density at radius 2 is 1.73 bits per heavy atom. The maximum atomic E-state index is 13.1. The Morgan fingerprint density at radius 3 is 2.36 bits per heavy atom. The number of fused-ring (bicyclic) bond motifs is 1. The molecule has 11 nitrogen and oxygen atoms in total. The minimum Gasteiger partial charge on any atom is -0.493 e. The van der Waals surface area contributed by atoms with Crippen LogP contribution < -0.4 is 27.1 Å². The van der Waals surface area contributed by atoms with E-state index in [0.29, 0.717) is 17.1 Å². The molecule has 0 unspecified atom stereocenters. The molecular formula is C22H24N6O5. The number of aryl methyl sites for hydroxylation is 1. The topological polar surface area (TPSA) is 167 Å². The number of rotatable bonds is 7. The Kier molecular flexibility index (Phi) is 7.13. The number of para-hydroxylation sites is 3. The zero-order chi connectivity index (χ0) is 24.0. The van der Waals surface area contributed by atoms with E-state index in [0.717, 1.165) is 12.7 Å². The quantitative estimate of drug-likeness (QED) is 0.213. The number of urea groups is 1. The number of esters is 1. The molecule has 0 aromatic heterocycles. The first kappa shape index (κ1) is 23.1. The van der Waals surface area contributed by atoms with Gasteiger partial charge in [0.05, 0.1) is 24.2 Å². The number of nitrogens with two attached hydrogens (primary N) is 1. The van der Waals surface area contributed by atoms with Crippen LogP contribution in [0.5, 0.6) is 0 Å². The van der Waals surface area contributed by atoms with Crippen molar-refractivity contribution in [3.8, 4) is 0 Å². The van der Waals surface area contributed by atoms with Crippen LogP contribution in [0.4, 0.5) is 21.9 Å². The number of hydrogen-bond donors (Lipinski definition) is 6. The lowest BCUT2D eigenvalue weighted by molar-refractivity contribution is -0.143. The third kappa shape index (κ3) is 5.58. The predicted octanol–water partition coefficient (Wildman–Crippen LogP) is 2.40. The minimum absolute atomic E-state index is 0.194. The molecule has 33 heavy (non-hydrogen) atoms. The fourth-order valence-corrected chi connectivity index (χ4v) is 3.21. The smallest absolute Gasteiger partial charge is 0.332 e. The summed E-state index contributed by atoms with van der Waals surface area (Å²) in [5.41, 5.74) is 9.53. The average molecular weight is 452 g/mol. The van der Waals surface area contributed by atoms with Crippen molar-refractivity contribution in [2.24, 2.45) is 16.8 Å². The van der Waals surface area contributed by atoms with Crippen LogP contribution in [-0.2, 0) is 14.3 Å². The molecule has 1 atom stereocenters. The van der Waals surface area contributed by atoms with Gasteiger partial charge in [-0.3, -0.25) is 9.59 Å². The Labute approximate surface area is 189 Å². The summed E-state index contributed by atoms with van der Waals surface area (Å²) >= 11 is 0. The Bertz CT molecular complexity index is 1140. The fourth-order valence-electron chi connectivity index (χ4n) is 3.21. The van der Waals surface area contributed by atoms with Gasteiger partial charge in [0.15, 0.2) is 0 Å². The van der Waals surface area contributed by atoms with Crippen molar-refractivity contribution < 1.29 is 24.2 Å². The van der Waals surface area contributed by atoms with Crippen molar-refractivity contribution in [2.45, 2.75) is 13.3 Å². The summed E-state index contributed by atoms with van der Waals surface area (Å²) in [5, 5.41) is 22.8. The largest absolute Gasteiger partial charge is 0.493 e. The first-order valence-corrected chi connectivity index (χ1v) is 9.93. The molecule has 0 aliphatic carbocycles. The van der Waals surface area contributed by atoms with Crippen LogP contribution in [-0.4, -0.2) is 35.8 Å². The summed E-state index contributed by atoms with van der Waals surface area (Å²) in [4.78, 5) is 37.0. The zero-order valence-electron chi connectivity index (χ0n) is 18.0. The third-order valence-corrected chi connectivity index (χ3v) is 4.89. The molecule has 0 saturated heterocycles. The molecule has 1 aliphatic heterocycles. The van der Waals surface area contributed by atoms with Crippen molar-refractivity contribution >= 4 is 40.7 Å². The second kappa shape index (κ2) is 10.2. The number of aliphatic hydroxyl groups is 1. The zero-order valence-corrected chi connectivity index (χ0v) is 18.0. The molecule has 2 aromatic rings. The molecule has 3 rings (SSSR count). The molecule has 1 aliphatic rings. The maximum absolute atomic E-state index is 13.1. The summed E-state index contributed by atoms with van der Waals surface area (Å²) in [6.45, 7) is 1.80. The van der Waals surface area contributed by atoms with E-state index >= 15 is 0 Å². The molecule has 0 bridgehead atoms. The summed E-state index contributed by atoms with van der Waals surface area (Å²) in [6, 6.07) is 13.1. The monoisotopic (exact) mass is 452 g/mol. The predicted molar refractivity (Wildman–Crippen MR) is 123 cm³/mol. The number of hydrazone groups is 1. The van der Waals surface area contributed by atoms with Gasteiger partial charge in [-0.1, -0.05) is 30.3 Å². The highest BCUT2D eigenvalue weighted by atomic mass is 16.5. The number of carbonyl (C=O) groups excluding carboxylic acids is 3. The highest BCUT2D eigenvalue weighted by molar-refractivity contribution is 6.46. The minimum atomic E-state index is -1.29. The second-order valence-corrected chi connectivity index (χ2v) is 7.14. The Morgan fingerprint density at radius 1 is 1.09 bits per heavy atom. The molecule has 172 valence electrons. The van der Waals surface area contributed by atoms with Crippen LogP contribution >= 0.6 is 0 Å². The van der Waals surface area contributed by atoms with Gasteiger partial charge in [-0.25, -0.2) is 10.2 Å². The number of amides is 3. The van der Waals surface area contributed by atoms with Crippen molar-refractivity contribution in [1.82, 2.24) is 5.43 Å². The van der Waals surface area contributed by atoms with Gasteiger partial charge in [0.25, 0.3) is 5.91 Å². The number of aliphatic hydroxyl groups excluding tert-OH is 1. The normalized spacial score (nSPS) is 13.7. The lowest BCUT2D eigenvalue weighted by Crippen LogP contribution is -2.39. The number of hydrogen-bond acceptors (Lipinski definition) is 8. The van der Waals surface area contributed by atoms with Crippen molar-refractivity contribution in [1.29, 1.82) is 0 Å². The van der Waals surface area contributed by atoms with Gasteiger partial charge in [0.1, 0.15) is 11.6 Å². The Hall–Kier alpha value is -4.54. The lowest BCUT2D eigenvalue weighted by Gasteiger charge is -2.25. The van der Waals surface area contributed by atoms with E-state index in [9.17, 15) is 19.5 Å². The number of primary amides is 1. The standard InChI is InChI=1S/C22H24N6O5/c1-12-7-3-4-8-14(12)25-20(30)18(27-28-22(23)32)13(21(31)33-2)11-17-19(29)26-16-10-6-5-9-15(16)24-17/h3-10,13,24,26,29H,11H2,1-2H3,(H,25,30)(H3,23,28,32)/b27-18+/t13-/m0/s1. The molecule has 3 amide bonds. The van der Waals surface area contributed by atoms with E-state index in [-0.39, 0.29) is 23.7 Å². The number of nitrogens with one attached hydrogen (secondary N) is 4. The van der Waals surface area contributed by atoms with Gasteiger partial charge in [0, 0.05) is 12.1 Å². The highest BCUT2D eigenvalue weighted by Crippen LogP contribution is 2.31. The van der Waals surface area contributed by atoms with Crippen molar-refractivity contribution in [3.05, 3.63) is 65.7 Å². The molecule has 2 aromatic carbocycles. The third-order valence-electron chi connectivity index (χ3n) is 4.89. The van der Waals surface area contributed by atoms with E-state index < -0.39 is 23.8 Å². The van der Waals surface area contributed by atoms with Crippen molar-refractivity contribution in [2.75, 3.05) is 23.1 Å². The van der Waals surface area contributed by atoms with Crippen LogP contribution in [0.25, 0.3) is 0 Å².